The molecule has 3 rings (SSSR count). The normalized spacial score (nSPS) is 11.5. The fraction of sp³-hybridized carbons (Fsp3) is 0.217. The van der Waals surface area contributed by atoms with Crippen molar-refractivity contribution in [2.75, 3.05) is 0 Å². The van der Waals surface area contributed by atoms with Gasteiger partial charge in [0.05, 0.1) is 0 Å². The van der Waals surface area contributed by atoms with E-state index < -0.39 is 17.9 Å². The van der Waals surface area contributed by atoms with E-state index in [-0.39, 0.29) is 18.2 Å². The van der Waals surface area contributed by atoms with Crippen LogP contribution >= 0.6 is 0 Å². The molecule has 3 aromatic rings. The number of carbonyl (C=O) groups is 2. The molecule has 7 nitrogen and oxygen atoms in total. The van der Waals surface area contributed by atoms with Gasteiger partial charge >= 0.3 is 5.91 Å². The predicted molar refractivity (Wildman–Crippen MR) is 111 cm³/mol. The summed E-state index contributed by atoms with van der Waals surface area (Å²) in [5.41, 5.74) is 6.60. The maximum Gasteiger partial charge on any atom is 0.305 e. The average molecular weight is 426 g/mol. The molecule has 1 heterocycles. The smallest absolute Gasteiger partial charge is 0.305 e. The number of hydrazine groups is 1. The molecule has 1 aromatic heterocycles. The van der Waals surface area contributed by atoms with Crippen molar-refractivity contribution in [2.24, 2.45) is 0 Å². The highest BCUT2D eigenvalue weighted by atomic mass is 19.1. The minimum absolute atomic E-state index is 0.00102. The third-order valence-electron chi connectivity index (χ3n) is 4.61. The molecule has 0 aliphatic rings. The number of nitrogens with one attached hydrogen (secondary N) is 2. The van der Waals surface area contributed by atoms with E-state index >= 15 is 0 Å². The summed E-state index contributed by atoms with van der Waals surface area (Å²) in [5, 5.41) is 0. The zero-order valence-electron chi connectivity index (χ0n) is 17.4. The van der Waals surface area contributed by atoms with E-state index in [2.05, 4.69) is 10.9 Å². The molecule has 1 atom stereocenters. The van der Waals surface area contributed by atoms with Gasteiger partial charge in [0.1, 0.15) is 29.7 Å². The molecule has 2 N–H and O–H groups in total. The van der Waals surface area contributed by atoms with Gasteiger partial charge in [-0.15, -0.1) is 0 Å². The predicted octanol–water partition coefficient (Wildman–Crippen LogP) is 3.84. The van der Waals surface area contributed by atoms with Crippen molar-refractivity contribution in [3.05, 3.63) is 83.1 Å². The number of carbonyl (C=O) groups excluding carboxylic acids is 2. The number of amides is 2. The molecule has 0 aliphatic carbocycles. The van der Waals surface area contributed by atoms with Crippen LogP contribution in [0.2, 0.25) is 0 Å². The molecule has 31 heavy (non-hydrogen) atoms. The lowest BCUT2D eigenvalue weighted by atomic mass is 10.1. The van der Waals surface area contributed by atoms with Crippen LogP contribution in [-0.2, 0) is 11.4 Å². The van der Waals surface area contributed by atoms with E-state index in [1.165, 1.54) is 30.3 Å². The summed E-state index contributed by atoms with van der Waals surface area (Å²) in [5.74, 6) is -0.0330. The molecule has 162 valence electrons. The zero-order valence-corrected chi connectivity index (χ0v) is 17.4. The molecule has 1 unspecified atom stereocenters. The summed E-state index contributed by atoms with van der Waals surface area (Å²) < 4.78 is 29.5. The van der Waals surface area contributed by atoms with E-state index in [4.69, 9.17) is 13.9 Å². The quantitative estimate of drug-likeness (QED) is 0.561. The highest BCUT2D eigenvalue weighted by molar-refractivity contribution is 5.93. The summed E-state index contributed by atoms with van der Waals surface area (Å²) in [7, 11) is 0. The number of hydrogen-bond donors (Lipinski definition) is 2. The first kappa shape index (κ1) is 21.9. The van der Waals surface area contributed by atoms with Crippen molar-refractivity contribution in [2.45, 2.75) is 33.5 Å². The number of rotatable bonds is 7. The molecule has 0 saturated carbocycles. The van der Waals surface area contributed by atoms with Crippen LogP contribution in [0, 0.1) is 19.7 Å². The van der Waals surface area contributed by atoms with E-state index in [1.54, 1.807) is 19.1 Å². The molecule has 2 aromatic carbocycles. The third kappa shape index (κ3) is 5.85. The van der Waals surface area contributed by atoms with Crippen LogP contribution in [0.5, 0.6) is 11.5 Å². The zero-order chi connectivity index (χ0) is 22.4. The van der Waals surface area contributed by atoms with Gasteiger partial charge < -0.3 is 13.9 Å². The Morgan fingerprint density at radius 3 is 2.52 bits per heavy atom. The standard InChI is InChI=1S/C23H23FN2O5/c1-14-5-4-6-20(15(14)2)30-16(3)22(27)25-26-23(28)21-12-11-19(31-21)13-29-18-9-7-17(24)8-10-18/h4-12,16H,13H2,1-3H3,(H,25,27)(H,26,28). The van der Waals surface area contributed by atoms with Crippen LogP contribution in [0.1, 0.15) is 34.4 Å². The summed E-state index contributed by atoms with van der Waals surface area (Å²) in [6.07, 6.45) is -0.822. The minimum Gasteiger partial charge on any atom is -0.486 e. The van der Waals surface area contributed by atoms with Gasteiger partial charge in [0.25, 0.3) is 5.91 Å². The fourth-order valence-corrected chi connectivity index (χ4v) is 2.64. The average Bonchev–Trinajstić information content (AvgIpc) is 3.23. The lowest BCUT2D eigenvalue weighted by molar-refractivity contribution is -0.128. The Hall–Kier alpha value is -3.81. The summed E-state index contributed by atoms with van der Waals surface area (Å²) in [6, 6.07) is 14.2. The van der Waals surface area contributed by atoms with Crippen molar-refractivity contribution in [3.8, 4) is 11.5 Å². The lowest BCUT2D eigenvalue weighted by Gasteiger charge is -2.17. The van der Waals surface area contributed by atoms with Gasteiger partial charge in [-0.1, -0.05) is 12.1 Å². The second-order valence-electron chi connectivity index (χ2n) is 6.91. The number of halogens is 1. The summed E-state index contributed by atoms with van der Waals surface area (Å²) in [6.45, 7) is 5.51. The van der Waals surface area contributed by atoms with Crippen LogP contribution < -0.4 is 20.3 Å². The Morgan fingerprint density at radius 2 is 1.77 bits per heavy atom. The molecular weight excluding hydrogens is 403 g/mol. The third-order valence-corrected chi connectivity index (χ3v) is 4.61. The van der Waals surface area contributed by atoms with E-state index in [9.17, 15) is 14.0 Å². The van der Waals surface area contributed by atoms with Crippen LogP contribution in [-0.4, -0.2) is 17.9 Å². The van der Waals surface area contributed by atoms with Crippen molar-refractivity contribution in [1.29, 1.82) is 0 Å². The first-order valence-electron chi connectivity index (χ1n) is 9.63. The number of aryl methyl sites for hydroxylation is 1. The van der Waals surface area contributed by atoms with Crippen molar-refractivity contribution in [3.63, 3.8) is 0 Å². The van der Waals surface area contributed by atoms with Gasteiger partial charge in [0.2, 0.25) is 0 Å². The van der Waals surface area contributed by atoms with Gasteiger partial charge in [0, 0.05) is 0 Å². The van der Waals surface area contributed by atoms with Crippen LogP contribution in [0.3, 0.4) is 0 Å². The Morgan fingerprint density at radius 1 is 1.03 bits per heavy atom. The molecular formula is C23H23FN2O5. The minimum atomic E-state index is -0.822. The second kappa shape index (κ2) is 9.80. The number of furan rings is 1. The maximum atomic E-state index is 12.9. The van der Waals surface area contributed by atoms with E-state index in [1.807, 2.05) is 26.0 Å². The Kier molecular flexibility index (Phi) is 6.92. The van der Waals surface area contributed by atoms with Gasteiger partial charge in [-0.25, -0.2) is 4.39 Å². The Bertz CT molecular complexity index is 1060. The molecule has 0 spiro atoms. The van der Waals surface area contributed by atoms with Crippen LogP contribution in [0.25, 0.3) is 0 Å². The SMILES string of the molecule is Cc1cccc(OC(C)C(=O)NNC(=O)c2ccc(COc3ccc(F)cc3)o2)c1C. The number of benzene rings is 2. The van der Waals surface area contributed by atoms with Crippen LogP contribution in [0.4, 0.5) is 4.39 Å². The molecule has 8 heteroatoms. The lowest BCUT2D eigenvalue weighted by Crippen LogP contribution is -2.47. The molecule has 0 fully saturated rings. The Labute approximate surface area is 179 Å². The van der Waals surface area contributed by atoms with Gasteiger partial charge in [-0.05, 0) is 74.4 Å². The van der Waals surface area contributed by atoms with Crippen molar-refractivity contribution >= 4 is 11.8 Å². The summed E-state index contributed by atoms with van der Waals surface area (Å²) >= 11 is 0. The summed E-state index contributed by atoms with van der Waals surface area (Å²) in [4.78, 5) is 24.5. The Balaban J connectivity index is 1.48. The number of ether oxygens (including phenoxy) is 2. The molecule has 0 aliphatic heterocycles. The van der Waals surface area contributed by atoms with Gasteiger partial charge in [-0.3, -0.25) is 20.4 Å². The topological polar surface area (TPSA) is 89.8 Å². The van der Waals surface area contributed by atoms with E-state index in [0.717, 1.165) is 11.1 Å². The molecule has 0 bridgehead atoms. The van der Waals surface area contributed by atoms with E-state index in [0.29, 0.717) is 17.3 Å². The van der Waals surface area contributed by atoms with Crippen molar-refractivity contribution < 1.29 is 27.9 Å². The molecule has 0 radical (unpaired) electrons. The van der Waals surface area contributed by atoms with Crippen LogP contribution in [0.15, 0.2) is 59.0 Å². The first-order chi connectivity index (χ1) is 14.8. The maximum absolute atomic E-state index is 12.9. The van der Waals surface area contributed by atoms with Gasteiger partial charge in [-0.2, -0.15) is 0 Å². The molecule has 2 amide bonds. The van der Waals surface area contributed by atoms with Gasteiger partial charge in [0.15, 0.2) is 11.9 Å². The second-order valence-corrected chi connectivity index (χ2v) is 6.91. The highest BCUT2D eigenvalue weighted by Crippen LogP contribution is 2.21. The monoisotopic (exact) mass is 426 g/mol. The largest absolute Gasteiger partial charge is 0.486 e. The highest BCUT2D eigenvalue weighted by Gasteiger charge is 2.18. The molecule has 0 saturated heterocycles. The van der Waals surface area contributed by atoms with Crippen molar-refractivity contribution in [1.82, 2.24) is 10.9 Å². The first-order valence-corrected chi connectivity index (χ1v) is 9.63. The number of hydrogen-bond acceptors (Lipinski definition) is 5. The fourth-order valence-electron chi connectivity index (χ4n) is 2.64.